The molecule has 178 valence electrons. The predicted molar refractivity (Wildman–Crippen MR) is 126 cm³/mol. The van der Waals surface area contributed by atoms with Gasteiger partial charge in [-0.2, -0.15) is 0 Å². The summed E-state index contributed by atoms with van der Waals surface area (Å²) < 4.78 is 5.64. The molecule has 1 saturated heterocycles. The number of carbonyl (C=O) groups is 3. The molecule has 1 unspecified atom stereocenters. The maximum atomic E-state index is 13.0. The van der Waals surface area contributed by atoms with Gasteiger partial charge in [0.1, 0.15) is 12.6 Å². The molecule has 1 saturated carbocycles. The Bertz CT molecular complexity index is 1050. The number of fused-ring (bicyclic) bond motifs is 3. The summed E-state index contributed by atoms with van der Waals surface area (Å²) in [5.41, 5.74) is 4.69. The Morgan fingerprint density at radius 3 is 2.29 bits per heavy atom. The third-order valence-electron chi connectivity index (χ3n) is 7.52. The van der Waals surface area contributed by atoms with Crippen LogP contribution in [0.2, 0.25) is 0 Å². The number of ether oxygens (including phenoxy) is 1. The van der Waals surface area contributed by atoms with Crippen LogP contribution >= 0.6 is 0 Å². The van der Waals surface area contributed by atoms with Crippen molar-refractivity contribution in [3.05, 3.63) is 59.7 Å². The number of hydrogen-bond donors (Lipinski definition) is 2. The fourth-order valence-corrected chi connectivity index (χ4v) is 5.83. The Hall–Kier alpha value is -3.35. The average Bonchev–Trinajstić information content (AvgIpc) is 3.45. The highest BCUT2D eigenvalue weighted by atomic mass is 16.5. The maximum absolute atomic E-state index is 13.0. The summed E-state index contributed by atoms with van der Waals surface area (Å²) in [7, 11) is 0. The molecule has 2 aromatic carbocycles. The van der Waals surface area contributed by atoms with Crippen LogP contribution in [0, 0.1) is 5.92 Å². The smallest absolute Gasteiger partial charge is 0.407 e. The second kappa shape index (κ2) is 9.49. The van der Waals surface area contributed by atoms with Crippen molar-refractivity contribution in [1.82, 2.24) is 10.2 Å². The van der Waals surface area contributed by atoms with Gasteiger partial charge in [-0.15, -0.1) is 0 Å². The quantitative estimate of drug-likeness (QED) is 0.696. The van der Waals surface area contributed by atoms with Gasteiger partial charge in [0.25, 0.3) is 0 Å². The molecule has 2 fully saturated rings. The molecule has 1 aliphatic heterocycles. The van der Waals surface area contributed by atoms with E-state index in [2.05, 4.69) is 29.6 Å². The van der Waals surface area contributed by atoms with Crippen molar-refractivity contribution in [2.75, 3.05) is 13.2 Å². The Morgan fingerprint density at radius 2 is 1.62 bits per heavy atom. The van der Waals surface area contributed by atoms with Crippen molar-refractivity contribution < 1.29 is 24.2 Å². The summed E-state index contributed by atoms with van der Waals surface area (Å²) in [6, 6.07) is 15.5. The van der Waals surface area contributed by atoms with Crippen molar-refractivity contribution in [2.24, 2.45) is 5.92 Å². The second-order valence-electron chi connectivity index (χ2n) is 9.56. The van der Waals surface area contributed by atoms with Gasteiger partial charge in [-0.05, 0) is 60.8 Å². The van der Waals surface area contributed by atoms with Crippen LogP contribution in [0.4, 0.5) is 4.79 Å². The molecule has 0 bridgehead atoms. The van der Waals surface area contributed by atoms with Gasteiger partial charge < -0.3 is 20.1 Å². The number of benzene rings is 2. The molecule has 7 nitrogen and oxygen atoms in total. The molecule has 2 N–H and O–H groups in total. The van der Waals surface area contributed by atoms with Crippen molar-refractivity contribution in [3.8, 4) is 11.1 Å². The average molecular weight is 463 g/mol. The third-order valence-corrected chi connectivity index (χ3v) is 7.52. The predicted octanol–water partition coefficient (Wildman–Crippen LogP) is 4.16. The Balaban J connectivity index is 1.16. The molecule has 3 aliphatic rings. The molecule has 3 atom stereocenters. The largest absolute Gasteiger partial charge is 0.480 e. The number of carboxylic acids is 1. The van der Waals surface area contributed by atoms with Crippen LogP contribution in [0.25, 0.3) is 11.1 Å². The van der Waals surface area contributed by atoms with E-state index in [0.29, 0.717) is 32.2 Å². The molecule has 5 rings (SSSR count). The number of nitrogens with one attached hydrogen (secondary N) is 1. The lowest BCUT2D eigenvalue weighted by Gasteiger charge is -2.34. The first-order chi connectivity index (χ1) is 16.5. The van der Waals surface area contributed by atoms with Crippen LogP contribution in [0.3, 0.4) is 0 Å². The minimum Gasteiger partial charge on any atom is -0.480 e. The summed E-state index contributed by atoms with van der Waals surface area (Å²) in [5.74, 6) is -1.27. The van der Waals surface area contributed by atoms with Gasteiger partial charge in [-0.1, -0.05) is 48.5 Å². The first kappa shape index (κ1) is 22.4. The lowest BCUT2D eigenvalue weighted by atomic mass is 9.98. The van der Waals surface area contributed by atoms with Gasteiger partial charge >= 0.3 is 12.1 Å². The van der Waals surface area contributed by atoms with E-state index in [-0.39, 0.29) is 30.4 Å². The number of rotatable bonds is 5. The molecular formula is C27H30N2O5. The van der Waals surface area contributed by atoms with E-state index >= 15 is 0 Å². The minimum atomic E-state index is -0.931. The van der Waals surface area contributed by atoms with Crippen LogP contribution in [-0.2, 0) is 14.3 Å². The van der Waals surface area contributed by atoms with Crippen LogP contribution < -0.4 is 5.32 Å². The molecule has 0 radical (unpaired) electrons. The highest BCUT2D eigenvalue weighted by Gasteiger charge is 2.39. The highest BCUT2D eigenvalue weighted by Crippen LogP contribution is 2.44. The number of aliphatic carboxylic acids is 1. The number of likely N-dealkylation sites (tertiary alicyclic amines) is 1. The topological polar surface area (TPSA) is 95.9 Å². The summed E-state index contributed by atoms with van der Waals surface area (Å²) >= 11 is 0. The van der Waals surface area contributed by atoms with Gasteiger partial charge in [0.05, 0.1) is 0 Å². The van der Waals surface area contributed by atoms with Gasteiger partial charge in [0, 0.05) is 24.4 Å². The molecule has 2 aliphatic carbocycles. The standard InChI is InChI=1S/C27H30N2O5/c30-25(29-14-6-5-11-24(29)26(31)32)17-12-13-18(15-17)28-27(33)34-16-23-21-9-3-1-7-19(21)20-8-2-4-10-22(20)23/h1-4,7-10,17-18,23-24H,5-6,11-16H2,(H,28,33)(H,31,32)/t17-,18+,24?/m0/s1. The van der Waals surface area contributed by atoms with Crippen LogP contribution in [0.1, 0.15) is 55.6 Å². The summed E-state index contributed by atoms with van der Waals surface area (Å²) in [6.07, 6.45) is 3.56. The molecule has 1 heterocycles. The normalized spacial score (nSPS) is 23.8. The number of hydrogen-bond acceptors (Lipinski definition) is 4. The molecule has 2 amide bonds. The maximum Gasteiger partial charge on any atom is 0.407 e. The Labute approximate surface area is 199 Å². The third kappa shape index (κ3) is 4.27. The molecule has 2 aromatic rings. The van der Waals surface area contributed by atoms with E-state index in [1.54, 1.807) is 0 Å². The van der Waals surface area contributed by atoms with Gasteiger partial charge in [-0.3, -0.25) is 4.79 Å². The summed E-state index contributed by atoms with van der Waals surface area (Å²) in [6.45, 7) is 0.750. The Morgan fingerprint density at radius 1 is 0.941 bits per heavy atom. The zero-order chi connectivity index (χ0) is 23.7. The zero-order valence-corrected chi connectivity index (χ0v) is 19.1. The van der Waals surface area contributed by atoms with Gasteiger partial charge in [-0.25, -0.2) is 9.59 Å². The molecule has 0 spiro atoms. The van der Waals surface area contributed by atoms with Crippen LogP contribution in [0.5, 0.6) is 0 Å². The summed E-state index contributed by atoms with van der Waals surface area (Å²) in [4.78, 5) is 38.7. The van der Waals surface area contributed by atoms with Crippen molar-refractivity contribution in [1.29, 1.82) is 0 Å². The fourth-order valence-electron chi connectivity index (χ4n) is 5.83. The molecule has 34 heavy (non-hydrogen) atoms. The monoisotopic (exact) mass is 462 g/mol. The van der Waals surface area contributed by atoms with Gasteiger partial charge in [0.15, 0.2) is 0 Å². The minimum absolute atomic E-state index is 0.00288. The van der Waals surface area contributed by atoms with Crippen molar-refractivity contribution in [2.45, 2.75) is 56.5 Å². The number of piperidine rings is 1. The molecule has 0 aromatic heterocycles. The first-order valence-electron chi connectivity index (χ1n) is 12.2. The number of carboxylic acid groups (broad SMARTS) is 1. The number of carbonyl (C=O) groups excluding carboxylic acids is 2. The first-order valence-corrected chi connectivity index (χ1v) is 12.2. The van der Waals surface area contributed by atoms with E-state index in [1.807, 2.05) is 24.3 Å². The van der Waals surface area contributed by atoms with E-state index in [4.69, 9.17) is 4.74 Å². The fraction of sp³-hybridized carbons (Fsp3) is 0.444. The van der Waals surface area contributed by atoms with Crippen molar-refractivity contribution >= 4 is 18.0 Å². The van der Waals surface area contributed by atoms with E-state index in [9.17, 15) is 19.5 Å². The molecule has 7 heteroatoms. The SMILES string of the molecule is O=C(N[C@@H]1CC[C@H](C(=O)N2CCCCC2C(=O)O)C1)OCC1c2ccccc2-c2ccccc21. The van der Waals surface area contributed by atoms with Crippen LogP contribution in [-0.4, -0.2) is 53.2 Å². The highest BCUT2D eigenvalue weighted by molar-refractivity contribution is 5.85. The summed E-state index contributed by atoms with van der Waals surface area (Å²) in [5, 5.41) is 12.4. The lowest BCUT2D eigenvalue weighted by Crippen LogP contribution is -2.50. The lowest BCUT2D eigenvalue weighted by molar-refractivity contribution is -0.153. The molecular weight excluding hydrogens is 432 g/mol. The Kier molecular flexibility index (Phi) is 6.26. The van der Waals surface area contributed by atoms with Gasteiger partial charge in [0.2, 0.25) is 5.91 Å². The number of amides is 2. The van der Waals surface area contributed by atoms with Crippen molar-refractivity contribution in [3.63, 3.8) is 0 Å². The number of alkyl carbamates (subject to hydrolysis) is 1. The number of nitrogens with zero attached hydrogens (tertiary/aromatic N) is 1. The second-order valence-corrected chi connectivity index (χ2v) is 9.56. The van der Waals surface area contributed by atoms with E-state index in [1.165, 1.54) is 16.0 Å². The van der Waals surface area contributed by atoms with Crippen LogP contribution in [0.15, 0.2) is 48.5 Å². The zero-order valence-electron chi connectivity index (χ0n) is 19.1. The van der Waals surface area contributed by atoms with E-state index in [0.717, 1.165) is 24.0 Å². The van der Waals surface area contributed by atoms with E-state index < -0.39 is 18.1 Å².